The number of hydrogen-bond donors (Lipinski definition) is 0. The van der Waals surface area contributed by atoms with Gasteiger partial charge in [-0.1, -0.05) is 261 Å². The van der Waals surface area contributed by atoms with Gasteiger partial charge in [0.2, 0.25) is 0 Å². The molecule has 1 atom stereocenters. The average Bonchev–Trinajstić information content (AvgIpc) is 3.57. The first kappa shape index (κ1) is 40.7. The zero-order valence-electron chi connectivity index (χ0n) is 37.1. The van der Waals surface area contributed by atoms with Crippen molar-refractivity contribution in [2.45, 2.75) is 32.7 Å². The van der Waals surface area contributed by atoms with Crippen molar-refractivity contribution >= 4 is 23.6 Å². The molecule has 0 saturated heterocycles. The lowest BCUT2D eigenvalue weighted by Gasteiger charge is -2.50. The zero-order chi connectivity index (χ0) is 43.7. The van der Waals surface area contributed by atoms with Crippen LogP contribution in [0, 0.1) is 0 Å². The molecule has 1 unspecified atom stereocenters. The smallest absolute Gasteiger partial charge is 0.0730 e. The van der Waals surface area contributed by atoms with Crippen LogP contribution in [0.2, 0.25) is 5.04 Å². The van der Waals surface area contributed by atoms with Gasteiger partial charge < -0.3 is 0 Å². The Bertz CT molecular complexity index is 2840. The van der Waals surface area contributed by atoms with E-state index in [1.54, 1.807) is 0 Å². The Labute approximate surface area is 380 Å². The fourth-order valence-electron chi connectivity index (χ4n) is 10.9. The monoisotopic (exact) mass is 836 g/mol. The summed E-state index contributed by atoms with van der Waals surface area (Å²) >= 11 is 0. The molecule has 0 nitrogen and oxygen atoms in total. The molecule has 0 saturated carbocycles. The summed E-state index contributed by atoms with van der Waals surface area (Å²) in [5.74, 6) is 0. The highest BCUT2D eigenvalue weighted by Gasteiger charge is 2.59. The highest BCUT2D eigenvalue weighted by atomic mass is 28.3. The molecule has 0 bridgehead atoms. The molecule has 1 aliphatic rings. The molecule has 0 aromatic heterocycles. The molecule has 0 radical (unpaired) electrons. The van der Waals surface area contributed by atoms with Crippen molar-refractivity contribution in [2.75, 3.05) is 0 Å². The SMILES string of the molecule is CC1=CC(C)([Si](c2cccc(-c3ccccc3)c2-c2ccccc2)(c2cccc(-c3ccccc3)c2-c2ccccc2)c2cccc(-c3ccccc3)c2-c2ccccc2)C(C)=C1C. The van der Waals surface area contributed by atoms with Crippen molar-refractivity contribution in [2.24, 2.45) is 0 Å². The predicted molar refractivity (Wildman–Crippen MR) is 277 cm³/mol. The molecule has 0 spiro atoms. The molecule has 0 N–H and O–H groups in total. The first-order valence-corrected chi connectivity index (χ1v) is 24.5. The van der Waals surface area contributed by atoms with Crippen LogP contribution in [0.3, 0.4) is 0 Å². The highest BCUT2D eigenvalue weighted by Crippen LogP contribution is 2.56. The van der Waals surface area contributed by atoms with Crippen LogP contribution < -0.4 is 15.6 Å². The third kappa shape index (κ3) is 6.76. The minimum Gasteiger partial charge on any atom is -0.0730 e. The molecule has 1 heteroatoms. The normalized spacial score (nSPS) is 15.0. The van der Waals surface area contributed by atoms with Crippen LogP contribution in [0.15, 0.2) is 259 Å². The van der Waals surface area contributed by atoms with Gasteiger partial charge in [-0.3, -0.25) is 0 Å². The van der Waals surface area contributed by atoms with E-state index >= 15 is 0 Å². The quantitative estimate of drug-likeness (QED) is 0.0951. The molecule has 10 rings (SSSR count). The first-order valence-electron chi connectivity index (χ1n) is 22.5. The number of hydrogen-bond acceptors (Lipinski definition) is 0. The molecule has 1 aliphatic carbocycles. The van der Waals surface area contributed by atoms with Crippen LogP contribution in [0.1, 0.15) is 27.7 Å². The molecule has 0 aliphatic heterocycles. The van der Waals surface area contributed by atoms with Gasteiger partial charge in [0, 0.05) is 5.04 Å². The lowest BCUT2D eigenvalue weighted by Crippen LogP contribution is -2.74. The topological polar surface area (TPSA) is 0 Å². The van der Waals surface area contributed by atoms with Gasteiger partial charge in [0.1, 0.15) is 0 Å². The molecular formula is C63H52Si. The van der Waals surface area contributed by atoms with Crippen LogP contribution in [0.4, 0.5) is 0 Å². The van der Waals surface area contributed by atoms with Gasteiger partial charge >= 0.3 is 0 Å². The van der Waals surface area contributed by atoms with Gasteiger partial charge in [-0.2, -0.15) is 0 Å². The van der Waals surface area contributed by atoms with E-state index in [1.165, 1.54) is 99.0 Å². The van der Waals surface area contributed by atoms with Crippen LogP contribution in [0.5, 0.6) is 0 Å². The Kier molecular flexibility index (Phi) is 10.9. The Balaban J connectivity index is 1.53. The molecule has 64 heavy (non-hydrogen) atoms. The van der Waals surface area contributed by atoms with Crippen LogP contribution in [-0.2, 0) is 0 Å². The van der Waals surface area contributed by atoms with E-state index in [9.17, 15) is 0 Å². The fraction of sp³-hybridized carbons (Fsp3) is 0.0794. The second-order valence-electron chi connectivity index (χ2n) is 17.4. The van der Waals surface area contributed by atoms with E-state index in [0.29, 0.717) is 0 Å². The summed E-state index contributed by atoms with van der Waals surface area (Å²) < 4.78 is 0. The van der Waals surface area contributed by atoms with Gasteiger partial charge in [-0.15, -0.1) is 0 Å². The summed E-state index contributed by atoms with van der Waals surface area (Å²) in [6.45, 7) is 9.70. The van der Waals surface area contributed by atoms with E-state index in [-0.39, 0.29) is 0 Å². The fourth-order valence-corrected chi connectivity index (χ4v) is 17.6. The Morgan fingerprint density at radius 1 is 0.297 bits per heavy atom. The molecule has 0 fully saturated rings. The van der Waals surface area contributed by atoms with Crippen molar-refractivity contribution in [1.29, 1.82) is 0 Å². The summed E-state index contributed by atoms with van der Waals surface area (Å²) in [4.78, 5) is 0. The lowest BCUT2D eigenvalue weighted by atomic mass is 9.93. The van der Waals surface area contributed by atoms with Gasteiger partial charge in [-0.25, -0.2) is 0 Å². The summed E-state index contributed by atoms with van der Waals surface area (Å²) in [7, 11) is -3.57. The molecular weight excluding hydrogens is 785 g/mol. The third-order valence-corrected chi connectivity index (χ3v) is 19.8. The van der Waals surface area contributed by atoms with Crippen LogP contribution in [0.25, 0.3) is 66.8 Å². The second-order valence-corrected chi connectivity index (χ2v) is 21.6. The van der Waals surface area contributed by atoms with Gasteiger partial charge in [0.05, 0.1) is 0 Å². The van der Waals surface area contributed by atoms with Crippen molar-refractivity contribution in [3.8, 4) is 66.8 Å². The van der Waals surface area contributed by atoms with E-state index in [1.807, 2.05) is 0 Å². The first-order chi connectivity index (χ1) is 31.4. The Hall–Kier alpha value is -7.32. The van der Waals surface area contributed by atoms with E-state index in [0.717, 1.165) is 0 Å². The van der Waals surface area contributed by atoms with E-state index in [4.69, 9.17) is 0 Å². The van der Waals surface area contributed by atoms with Crippen molar-refractivity contribution in [3.05, 3.63) is 259 Å². The molecule has 9 aromatic carbocycles. The van der Waals surface area contributed by atoms with Crippen molar-refractivity contribution in [3.63, 3.8) is 0 Å². The third-order valence-electron chi connectivity index (χ3n) is 14.1. The highest BCUT2D eigenvalue weighted by molar-refractivity contribution is 7.16. The van der Waals surface area contributed by atoms with Gasteiger partial charge in [0.25, 0.3) is 0 Å². The lowest BCUT2D eigenvalue weighted by molar-refractivity contribution is 0.871. The molecule has 308 valence electrons. The maximum atomic E-state index is 2.67. The zero-order valence-corrected chi connectivity index (χ0v) is 38.1. The van der Waals surface area contributed by atoms with Crippen LogP contribution in [-0.4, -0.2) is 8.07 Å². The summed E-state index contributed by atoms with van der Waals surface area (Å²) in [5.41, 5.74) is 19.0. The largest absolute Gasteiger partial charge is 0.163 e. The number of rotatable bonds is 10. The number of benzene rings is 9. The predicted octanol–water partition coefficient (Wildman–Crippen LogP) is 15.2. The maximum absolute atomic E-state index is 3.57. The summed E-state index contributed by atoms with van der Waals surface area (Å²) in [6.07, 6.45) is 2.67. The molecule has 0 heterocycles. The minimum atomic E-state index is -3.57. The summed E-state index contributed by atoms with van der Waals surface area (Å²) in [5, 5.41) is 3.74. The number of allylic oxidation sites excluding steroid dienone is 4. The van der Waals surface area contributed by atoms with Crippen molar-refractivity contribution in [1.82, 2.24) is 0 Å². The van der Waals surface area contributed by atoms with Gasteiger partial charge in [-0.05, 0) is 109 Å². The van der Waals surface area contributed by atoms with Crippen molar-refractivity contribution < 1.29 is 0 Å². The van der Waals surface area contributed by atoms with Crippen LogP contribution >= 0.6 is 0 Å². The maximum Gasteiger partial charge on any atom is 0.163 e. The second kappa shape index (κ2) is 17.1. The minimum absolute atomic E-state index is 0.447. The van der Waals surface area contributed by atoms with Gasteiger partial charge in [0.15, 0.2) is 8.07 Å². The standard InChI is InChI=1S/C63H52Si/c1-45-44-63(4,47(3)46(45)2)64(57-41-23-38-54(48-26-11-5-12-27-48)60(57)51-32-17-8-18-33-51,58-42-24-39-55(49-28-13-6-14-29-49)61(58)52-34-19-9-20-35-52)59-43-25-40-56(50-30-15-7-16-31-50)62(59)53-36-21-10-22-37-53/h5-44H,1-4H3. The summed E-state index contributed by atoms with van der Waals surface area (Å²) in [6, 6.07) is 88.4. The van der Waals surface area contributed by atoms with E-state index < -0.39 is 13.1 Å². The molecule has 0 amide bonds. The molecule has 9 aromatic rings. The average molecular weight is 837 g/mol. The Morgan fingerprint density at radius 2 is 0.562 bits per heavy atom. The van der Waals surface area contributed by atoms with E-state index in [2.05, 4.69) is 270 Å². The Morgan fingerprint density at radius 3 is 0.812 bits per heavy atom.